The van der Waals surface area contributed by atoms with Crippen LogP contribution in [0.1, 0.15) is 17.9 Å². The molecule has 0 atom stereocenters. The largest absolute Gasteiger partial charge is 0.303 e. The van der Waals surface area contributed by atoms with Gasteiger partial charge in [-0.15, -0.1) is 11.3 Å². The Morgan fingerprint density at radius 3 is 2.76 bits per heavy atom. The molecular weight excluding hydrogens is 254 g/mol. The van der Waals surface area contributed by atoms with Crippen LogP contribution in [0, 0.1) is 0 Å². The van der Waals surface area contributed by atoms with Crippen LogP contribution in [0.15, 0.2) is 17.8 Å². The summed E-state index contributed by atoms with van der Waals surface area (Å²) in [4.78, 5) is 23.0. The van der Waals surface area contributed by atoms with Crippen LogP contribution in [0.3, 0.4) is 0 Å². The van der Waals surface area contributed by atoms with Crippen LogP contribution in [0.2, 0.25) is 0 Å². The third-order valence-electron chi connectivity index (χ3n) is 2.16. The van der Waals surface area contributed by atoms with E-state index in [0.29, 0.717) is 24.4 Å². The van der Waals surface area contributed by atoms with Crippen molar-refractivity contribution in [2.75, 3.05) is 0 Å². The Kier molecular flexibility index (Phi) is 4.22. The first-order chi connectivity index (χ1) is 8.33. The quantitative estimate of drug-likeness (QED) is 0.665. The van der Waals surface area contributed by atoms with Gasteiger partial charge in [0.15, 0.2) is 0 Å². The molecule has 0 N–H and O–H groups in total. The Labute approximate surface area is 109 Å². The van der Waals surface area contributed by atoms with E-state index >= 15 is 0 Å². The number of carbonyl (C=O) groups is 1. The number of hydrogen-bond acceptors (Lipinski definition) is 6. The predicted molar refractivity (Wildman–Crippen MR) is 70.2 cm³/mol. The van der Waals surface area contributed by atoms with E-state index in [0.717, 1.165) is 22.6 Å². The van der Waals surface area contributed by atoms with E-state index in [4.69, 9.17) is 0 Å². The topological polar surface area (TPSA) is 55.7 Å². The van der Waals surface area contributed by atoms with Crippen LogP contribution >= 0.6 is 24.0 Å². The number of thiazole rings is 1. The van der Waals surface area contributed by atoms with Gasteiger partial charge < -0.3 is 4.79 Å². The van der Waals surface area contributed by atoms with E-state index in [2.05, 4.69) is 27.6 Å². The molecule has 0 aliphatic rings. The number of carbonyl (C=O) groups excluding carboxylic acids is 1. The summed E-state index contributed by atoms with van der Waals surface area (Å²) in [7, 11) is 0. The maximum Gasteiger partial charge on any atom is 0.137 e. The SMILES string of the molecule is O=CCCc1csc(-c2cnc(CS)nc2)n1. The van der Waals surface area contributed by atoms with Crippen LogP contribution in [0.4, 0.5) is 0 Å². The number of aldehydes is 1. The van der Waals surface area contributed by atoms with E-state index in [9.17, 15) is 4.79 Å². The summed E-state index contributed by atoms with van der Waals surface area (Å²) < 4.78 is 0. The Balaban J connectivity index is 2.15. The van der Waals surface area contributed by atoms with Gasteiger partial charge in [-0.25, -0.2) is 15.0 Å². The highest BCUT2D eigenvalue weighted by atomic mass is 32.1. The summed E-state index contributed by atoms with van der Waals surface area (Å²) in [5.74, 6) is 1.23. The molecule has 0 radical (unpaired) electrons. The molecule has 2 heterocycles. The van der Waals surface area contributed by atoms with E-state index in [-0.39, 0.29) is 0 Å². The van der Waals surface area contributed by atoms with Crippen molar-refractivity contribution in [3.63, 3.8) is 0 Å². The van der Waals surface area contributed by atoms with Crippen LogP contribution in [-0.2, 0) is 17.0 Å². The van der Waals surface area contributed by atoms with Crippen molar-refractivity contribution in [2.24, 2.45) is 0 Å². The normalized spacial score (nSPS) is 10.4. The molecule has 0 aromatic carbocycles. The molecule has 0 spiro atoms. The second-order valence-electron chi connectivity index (χ2n) is 3.40. The summed E-state index contributed by atoms with van der Waals surface area (Å²) in [5.41, 5.74) is 1.84. The van der Waals surface area contributed by atoms with Crippen molar-refractivity contribution >= 4 is 30.3 Å². The lowest BCUT2D eigenvalue weighted by Gasteiger charge is -1.96. The number of thiol groups is 1. The molecule has 0 aliphatic heterocycles. The highest BCUT2D eigenvalue weighted by molar-refractivity contribution is 7.79. The Bertz CT molecular complexity index is 496. The second kappa shape index (κ2) is 5.88. The number of rotatable bonds is 5. The monoisotopic (exact) mass is 265 g/mol. The molecule has 0 fully saturated rings. The first kappa shape index (κ1) is 12.2. The molecule has 4 nitrogen and oxygen atoms in total. The van der Waals surface area contributed by atoms with Gasteiger partial charge in [0.2, 0.25) is 0 Å². The van der Waals surface area contributed by atoms with Gasteiger partial charge in [-0.2, -0.15) is 12.6 Å². The molecule has 0 amide bonds. The van der Waals surface area contributed by atoms with Crippen LogP contribution < -0.4 is 0 Å². The summed E-state index contributed by atoms with van der Waals surface area (Å²) in [6, 6.07) is 0. The first-order valence-electron chi connectivity index (χ1n) is 5.13. The fourth-order valence-corrected chi connectivity index (χ4v) is 2.30. The zero-order valence-corrected chi connectivity index (χ0v) is 10.7. The van der Waals surface area contributed by atoms with Gasteiger partial charge in [-0.1, -0.05) is 0 Å². The van der Waals surface area contributed by atoms with E-state index in [1.54, 1.807) is 23.7 Å². The Morgan fingerprint density at radius 2 is 2.12 bits per heavy atom. The van der Waals surface area contributed by atoms with Crippen molar-refractivity contribution in [3.05, 3.63) is 29.3 Å². The maximum absolute atomic E-state index is 10.3. The third-order valence-corrected chi connectivity index (χ3v) is 3.39. The second-order valence-corrected chi connectivity index (χ2v) is 4.57. The van der Waals surface area contributed by atoms with Gasteiger partial charge in [0.05, 0.1) is 11.4 Å². The van der Waals surface area contributed by atoms with Crippen molar-refractivity contribution in [3.8, 4) is 10.6 Å². The molecule has 0 aliphatic carbocycles. The van der Waals surface area contributed by atoms with E-state index < -0.39 is 0 Å². The first-order valence-corrected chi connectivity index (χ1v) is 6.65. The average Bonchev–Trinajstić information content (AvgIpc) is 2.85. The standard InChI is InChI=1S/C11H11N3OS2/c15-3-1-2-9-7-17-11(14-9)8-4-12-10(6-16)13-5-8/h3-5,7,16H,1-2,6H2. The van der Waals surface area contributed by atoms with Crippen molar-refractivity contribution in [1.29, 1.82) is 0 Å². The smallest absolute Gasteiger partial charge is 0.137 e. The summed E-state index contributed by atoms with van der Waals surface area (Å²) in [5, 5.41) is 2.85. The number of aryl methyl sites for hydroxylation is 1. The van der Waals surface area contributed by atoms with Gasteiger partial charge >= 0.3 is 0 Å². The maximum atomic E-state index is 10.3. The van der Waals surface area contributed by atoms with Gasteiger partial charge in [0, 0.05) is 29.8 Å². The molecule has 88 valence electrons. The molecule has 17 heavy (non-hydrogen) atoms. The predicted octanol–water partition coefficient (Wildman–Crippen LogP) is 2.16. The zero-order valence-electron chi connectivity index (χ0n) is 9.04. The number of nitrogens with zero attached hydrogens (tertiary/aromatic N) is 3. The number of aromatic nitrogens is 3. The zero-order chi connectivity index (χ0) is 12.1. The molecule has 2 aromatic rings. The lowest BCUT2D eigenvalue weighted by atomic mass is 10.3. The Morgan fingerprint density at radius 1 is 1.35 bits per heavy atom. The van der Waals surface area contributed by atoms with Crippen molar-refractivity contribution < 1.29 is 4.79 Å². The molecule has 2 rings (SSSR count). The van der Waals surface area contributed by atoms with Gasteiger partial charge in [-0.3, -0.25) is 0 Å². The molecule has 2 aromatic heterocycles. The minimum atomic E-state index is 0.512. The fourth-order valence-electron chi connectivity index (χ4n) is 1.31. The van der Waals surface area contributed by atoms with E-state index in [1.165, 1.54) is 0 Å². The summed E-state index contributed by atoms with van der Waals surface area (Å²) >= 11 is 5.64. The van der Waals surface area contributed by atoms with Crippen molar-refractivity contribution in [1.82, 2.24) is 15.0 Å². The summed E-state index contributed by atoms with van der Waals surface area (Å²) in [6.07, 6.45) is 5.61. The molecule has 0 saturated carbocycles. The van der Waals surface area contributed by atoms with Crippen LogP contribution in [0.25, 0.3) is 10.6 Å². The van der Waals surface area contributed by atoms with Gasteiger partial charge in [-0.05, 0) is 6.42 Å². The molecular formula is C11H11N3OS2. The van der Waals surface area contributed by atoms with Crippen LogP contribution in [0.5, 0.6) is 0 Å². The fraction of sp³-hybridized carbons (Fsp3) is 0.273. The molecule has 0 saturated heterocycles. The highest BCUT2D eigenvalue weighted by Gasteiger charge is 2.05. The minimum absolute atomic E-state index is 0.512. The lowest BCUT2D eigenvalue weighted by molar-refractivity contribution is -0.107. The molecule has 6 heteroatoms. The van der Waals surface area contributed by atoms with E-state index in [1.807, 2.05) is 5.38 Å². The average molecular weight is 265 g/mol. The third kappa shape index (κ3) is 3.10. The minimum Gasteiger partial charge on any atom is -0.303 e. The Hall–Kier alpha value is -1.27. The lowest BCUT2D eigenvalue weighted by Crippen LogP contribution is -1.91. The van der Waals surface area contributed by atoms with Gasteiger partial charge in [0.1, 0.15) is 17.1 Å². The van der Waals surface area contributed by atoms with Crippen molar-refractivity contribution in [2.45, 2.75) is 18.6 Å². The van der Waals surface area contributed by atoms with Crippen LogP contribution in [-0.4, -0.2) is 21.2 Å². The van der Waals surface area contributed by atoms with Gasteiger partial charge in [0.25, 0.3) is 0 Å². The molecule has 0 bridgehead atoms. The number of hydrogen-bond donors (Lipinski definition) is 1. The summed E-state index contributed by atoms with van der Waals surface area (Å²) in [6.45, 7) is 0. The molecule has 0 unspecified atom stereocenters. The highest BCUT2D eigenvalue weighted by Crippen LogP contribution is 2.22.